The smallest absolute Gasteiger partial charge is 0.0580 e. The second-order valence-electron chi connectivity index (χ2n) is 8.37. The maximum absolute atomic E-state index is 10.1. The van der Waals surface area contributed by atoms with Crippen LogP contribution in [0.1, 0.15) is 65.7 Å². The van der Waals surface area contributed by atoms with Crippen LogP contribution in [0.2, 0.25) is 0 Å². The minimum atomic E-state index is -0.0595. The SMILES string of the molecule is CC12CCC(C1)C(C)(C)C2NCC1CCCCC1O. The number of hydrogen-bond acceptors (Lipinski definition) is 2. The molecular weight excluding hydrogens is 234 g/mol. The quantitative estimate of drug-likeness (QED) is 0.820. The molecular formula is C17H31NO. The van der Waals surface area contributed by atoms with Gasteiger partial charge in [-0.25, -0.2) is 0 Å². The van der Waals surface area contributed by atoms with Gasteiger partial charge in [-0.3, -0.25) is 0 Å². The molecule has 0 aliphatic heterocycles. The van der Waals surface area contributed by atoms with Gasteiger partial charge in [0.2, 0.25) is 0 Å². The Hall–Kier alpha value is -0.0800. The molecule has 2 nitrogen and oxygen atoms in total. The van der Waals surface area contributed by atoms with Crippen molar-refractivity contribution >= 4 is 0 Å². The lowest BCUT2D eigenvalue weighted by molar-refractivity contribution is 0.0518. The molecule has 3 rings (SSSR count). The fraction of sp³-hybridized carbons (Fsp3) is 1.00. The lowest BCUT2D eigenvalue weighted by atomic mass is 9.68. The van der Waals surface area contributed by atoms with Gasteiger partial charge >= 0.3 is 0 Å². The van der Waals surface area contributed by atoms with Gasteiger partial charge in [0.25, 0.3) is 0 Å². The predicted molar refractivity (Wildman–Crippen MR) is 79.0 cm³/mol. The van der Waals surface area contributed by atoms with Crippen LogP contribution >= 0.6 is 0 Å². The molecule has 5 atom stereocenters. The van der Waals surface area contributed by atoms with E-state index >= 15 is 0 Å². The van der Waals surface area contributed by atoms with Gasteiger partial charge in [-0.15, -0.1) is 0 Å². The number of aliphatic hydroxyl groups is 1. The molecule has 0 spiro atoms. The molecule has 3 saturated carbocycles. The zero-order valence-electron chi connectivity index (χ0n) is 12.9. The Balaban J connectivity index is 1.63. The highest BCUT2D eigenvalue weighted by atomic mass is 16.3. The molecule has 5 unspecified atom stereocenters. The lowest BCUT2D eigenvalue weighted by Crippen LogP contribution is -2.52. The van der Waals surface area contributed by atoms with Crippen molar-refractivity contribution < 1.29 is 5.11 Å². The van der Waals surface area contributed by atoms with E-state index in [4.69, 9.17) is 0 Å². The highest BCUT2D eigenvalue weighted by Crippen LogP contribution is 2.62. The summed E-state index contributed by atoms with van der Waals surface area (Å²) in [6.07, 6.45) is 8.91. The average molecular weight is 265 g/mol. The topological polar surface area (TPSA) is 32.3 Å². The minimum absolute atomic E-state index is 0.0595. The fourth-order valence-corrected chi connectivity index (χ4v) is 5.51. The van der Waals surface area contributed by atoms with Gasteiger partial charge in [0.05, 0.1) is 6.10 Å². The summed E-state index contributed by atoms with van der Waals surface area (Å²) < 4.78 is 0. The molecule has 3 aliphatic rings. The molecule has 0 aromatic heterocycles. The zero-order valence-corrected chi connectivity index (χ0v) is 12.9. The van der Waals surface area contributed by atoms with Gasteiger partial charge in [-0.2, -0.15) is 0 Å². The Morgan fingerprint density at radius 2 is 1.84 bits per heavy atom. The van der Waals surface area contributed by atoms with E-state index in [0.717, 1.165) is 18.9 Å². The van der Waals surface area contributed by atoms with Crippen molar-refractivity contribution in [3.8, 4) is 0 Å². The standard InChI is InChI=1S/C17H31NO/c1-16(2)13-8-9-17(3,10-13)15(16)18-11-12-6-4-5-7-14(12)19/h12-15,18-19H,4-11H2,1-3H3. The highest BCUT2D eigenvalue weighted by molar-refractivity contribution is 5.12. The average Bonchev–Trinajstić information content (AvgIpc) is 2.82. The predicted octanol–water partition coefficient (Wildman–Crippen LogP) is 3.34. The van der Waals surface area contributed by atoms with Crippen LogP contribution in [-0.2, 0) is 0 Å². The number of nitrogens with one attached hydrogen (secondary N) is 1. The fourth-order valence-electron chi connectivity index (χ4n) is 5.51. The minimum Gasteiger partial charge on any atom is -0.393 e. The molecule has 2 N–H and O–H groups in total. The summed E-state index contributed by atoms with van der Waals surface area (Å²) in [7, 11) is 0. The van der Waals surface area contributed by atoms with E-state index in [2.05, 4.69) is 26.1 Å². The Labute approximate surface area is 118 Å². The first kappa shape index (κ1) is 13.9. The number of hydrogen-bond donors (Lipinski definition) is 2. The number of fused-ring (bicyclic) bond motifs is 2. The van der Waals surface area contributed by atoms with Gasteiger partial charge in [-0.1, -0.05) is 33.6 Å². The zero-order chi connectivity index (χ0) is 13.7. The maximum Gasteiger partial charge on any atom is 0.0580 e. The third kappa shape index (κ3) is 2.25. The van der Waals surface area contributed by atoms with Crippen LogP contribution in [0.25, 0.3) is 0 Å². The van der Waals surface area contributed by atoms with Gasteiger partial charge in [0.1, 0.15) is 0 Å². The van der Waals surface area contributed by atoms with Crippen molar-refractivity contribution in [2.75, 3.05) is 6.54 Å². The summed E-state index contributed by atoms with van der Waals surface area (Å²) in [5.41, 5.74) is 0.945. The molecule has 0 aromatic rings. The van der Waals surface area contributed by atoms with Crippen LogP contribution in [0.5, 0.6) is 0 Å². The molecule has 2 bridgehead atoms. The number of aliphatic hydroxyl groups excluding tert-OH is 1. The molecule has 110 valence electrons. The van der Waals surface area contributed by atoms with Crippen molar-refractivity contribution in [2.24, 2.45) is 22.7 Å². The van der Waals surface area contributed by atoms with E-state index in [1.54, 1.807) is 0 Å². The van der Waals surface area contributed by atoms with Gasteiger partial charge in [0, 0.05) is 12.6 Å². The van der Waals surface area contributed by atoms with Crippen LogP contribution in [0.3, 0.4) is 0 Å². The first-order valence-corrected chi connectivity index (χ1v) is 8.35. The maximum atomic E-state index is 10.1. The van der Waals surface area contributed by atoms with Gasteiger partial charge in [-0.05, 0) is 54.8 Å². The Kier molecular flexibility index (Phi) is 3.46. The van der Waals surface area contributed by atoms with Crippen LogP contribution in [0.4, 0.5) is 0 Å². The van der Waals surface area contributed by atoms with E-state index in [9.17, 15) is 5.11 Å². The van der Waals surface area contributed by atoms with E-state index in [1.807, 2.05) is 0 Å². The van der Waals surface area contributed by atoms with Gasteiger partial charge in [0.15, 0.2) is 0 Å². The van der Waals surface area contributed by atoms with Crippen LogP contribution < -0.4 is 5.32 Å². The molecule has 0 aromatic carbocycles. The van der Waals surface area contributed by atoms with Crippen molar-refractivity contribution in [1.82, 2.24) is 5.32 Å². The molecule has 19 heavy (non-hydrogen) atoms. The van der Waals surface area contributed by atoms with E-state index in [1.165, 1.54) is 38.5 Å². The third-order valence-corrected chi connectivity index (χ3v) is 6.72. The first-order chi connectivity index (χ1) is 8.93. The second-order valence-corrected chi connectivity index (χ2v) is 8.37. The Bertz CT molecular complexity index is 335. The van der Waals surface area contributed by atoms with Crippen LogP contribution in [-0.4, -0.2) is 23.8 Å². The Morgan fingerprint density at radius 3 is 2.47 bits per heavy atom. The summed E-state index contributed by atoms with van der Waals surface area (Å²) in [6, 6.07) is 0.646. The first-order valence-electron chi connectivity index (χ1n) is 8.35. The van der Waals surface area contributed by atoms with Crippen molar-refractivity contribution in [1.29, 1.82) is 0 Å². The summed E-state index contributed by atoms with van der Waals surface area (Å²) >= 11 is 0. The van der Waals surface area contributed by atoms with E-state index < -0.39 is 0 Å². The lowest BCUT2D eigenvalue weighted by Gasteiger charge is -2.44. The summed E-state index contributed by atoms with van der Waals surface area (Å²) in [5, 5.41) is 14.0. The molecule has 3 fully saturated rings. The van der Waals surface area contributed by atoms with Crippen LogP contribution in [0.15, 0.2) is 0 Å². The molecule has 0 radical (unpaired) electrons. The molecule has 0 amide bonds. The normalized spacial score (nSPS) is 48.6. The largest absolute Gasteiger partial charge is 0.393 e. The number of rotatable bonds is 3. The molecule has 0 heterocycles. The highest BCUT2D eigenvalue weighted by Gasteiger charge is 2.59. The van der Waals surface area contributed by atoms with Crippen molar-refractivity contribution in [2.45, 2.75) is 77.9 Å². The summed E-state index contributed by atoms with van der Waals surface area (Å²) in [4.78, 5) is 0. The van der Waals surface area contributed by atoms with E-state index in [0.29, 0.717) is 22.8 Å². The summed E-state index contributed by atoms with van der Waals surface area (Å²) in [6.45, 7) is 8.42. The third-order valence-electron chi connectivity index (χ3n) is 6.72. The molecule has 2 heteroatoms. The van der Waals surface area contributed by atoms with Gasteiger partial charge < -0.3 is 10.4 Å². The van der Waals surface area contributed by atoms with Crippen molar-refractivity contribution in [3.05, 3.63) is 0 Å². The monoisotopic (exact) mass is 265 g/mol. The van der Waals surface area contributed by atoms with Crippen LogP contribution in [0, 0.1) is 22.7 Å². The summed E-state index contributed by atoms with van der Waals surface area (Å²) in [5.74, 6) is 1.40. The molecule has 3 aliphatic carbocycles. The Morgan fingerprint density at radius 1 is 1.11 bits per heavy atom. The molecule has 0 saturated heterocycles. The second kappa shape index (κ2) is 4.73. The van der Waals surface area contributed by atoms with Crippen molar-refractivity contribution in [3.63, 3.8) is 0 Å². The van der Waals surface area contributed by atoms with E-state index in [-0.39, 0.29) is 6.10 Å².